The minimum Gasteiger partial charge on any atom is -0.371 e. The summed E-state index contributed by atoms with van der Waals surface area (Å²) >= 11 is 0. The Hall–Kier alpha value is -0.420. The molecule has 6 nitrogen and oxygen atoms in total. The lowest BCUT2D eigenvalue weighted by atomic mass is 10.3. The first-order chi connectivity index (χ1) is 9.54. The predicted molar refractivity (Wildman–Crippen MR) is 74.2 cm³/mol. The van der Waals surface area contributed by atoms with Gasteiger partial charge < -0.3 is 10.1 Å². The molecule has 0 amide bonds. The number of halogens is 3. The SMILES string of the molecule is CC(C)NCCCN(C)S(=O)(=O)NCCOCC(F)(F)F. The molecule has 0 heterocycles. The minimum absolute atomic E-state index is 0.201. The predicted octanol–water partition coefficient (Wildman–Crippen LogP) is 0.720. The summed E-state index contributed by atoms with van der Waals surface area (Å²) in [6.45, 7) is 3.07. The third-order valence-corrected chi connectivity index (χ3v) is 3.98. The number of hydrogen-bond acceptors (Lipinski definition) is 4. The van der Waals surface area contributed by atoms with Crippen LogP contribution in [-0.2, 0) is 14.9 Å². The number of nitrogens with one attached hydrogen (secondary N) is 2. The molecule has 0 rings (SSSR count). The Kier molecular flexibility index (Phi) is 9.38. The monoisotopic (exact) mass is 335 g/mol. The third kappa shape index (κ3) is 11.9. The van der Waals surface area contributed by atoms with Gasteiger partial charge in [0.15, 0.2) is 0 Å². The number of rotatable bonds is 11. The molecule has 0 fully saturated rings. The highest BCUT2D eigenvalue weighted by molar-refractivity contribution is 7.87. The number of ether oxygens (including phenoxy) is 1. The summed E-state index contributed by atoms with van der Waals surface area (Å²) in [5, 5.41) is 3.16. The zero-order chi connectivity index (χ0) is 16.5. The van der Waals surface area contributed by atoms with Crippen LogP contribution in [0.2, 0.25) is 0 Å². The lowest BCUT2D eigenvalue weighted by molar-refractivity contribution is -0.173. The van der Waals surface area contributed by atoms with Crippen LogP contribution in [0.1, 0.15) is 20.3 Å². The molecule has 0 unspecified atom stereocenters. The first-order valence-electron chi connectivity index (χ1n) is 6.63. The van der Waals surface area contributed by atoms with Gasteiger partial charge in [0.25, 0.3) is 10.2 Å². The standard InChI is InChI=1S/C11H24F3N3O3S/c1-10(2)15-5-4-7-17(3)21(18,19)16-6-8-20-9-11(12,13)14/h10,15-16H,4-9H2,1-3H3. The van der Waals surface area contributed by atoms with Gasteiger partial charge in [0.1, 0.15) is 6.61 Å². The normalized spacial score (nSPS) is 13.3. The molecule has 128 valence electrons. The molecule has 0 aliphatic heterocycles. The van der Waals surface area contributed by atoms with Gasteiger partial charge in [-0.3, -0.25) is 0 Å². The Balaban J connectivity index is 3.85. The summed E-state index contributed by atoms with van der Waals surface area (Å²) < 4.78 is 66.5. The molecule has 0 aromatic rings. The van der Waals surface area contributed by atoms with E-state index in [1.165, 1.54) is 7.05 Å². The highest BCUT2D eigenvalue weighted by Crippen LogP contribution is 2.13. The van der Waals surface area contributed by atoms with Crippen molar-refractivity contribution in [2.24, 2.45) is 0 Å². The zero-order valence-electron chi connectivity index (χ0n) is 12.5. The van der Waals surface area contributed by atoms with Gasteiger partial charge in [0.05, 0.1) is 6.61 Å². The number of alkyl halides is 3. The number of nitrogens with zero attached hydrogens (tertiary/aromatic N) is 1. The maximum Gasteiger partial charge on any atom is 0.411 e. The van der Waals surface area contributed by atoms with E-state index in [-0.39, 0.29) is 13.2 Å². The van der Waals surface area contributed by atoms with E-state index in [9.17, 15) is 21.6 Å². The molecule has 0 aromatic heterocycles. The smallest absolute Gasteiger partial charge is 0.371 e. The molecule has 0 saturated heterocycles. The first-order valence-corrected chi connectivity index (χ1v) is 8.07. The van der Waals surface area contributed by atoms with E-state index >= 15 is 0 Å². The van der Waals surface area contributed by atoms with Crippen LogP contribution in [0.4, 0.5) is 13.2 Å². The second-order valence-corrected chi connectivity index (χ2v) is 6.71. The van der Waals surface area contributed by atoms with E-state index in [4.69, 9.17) is 0 Å². The van der Waals surface area contributed by atoms with Crippen molar-refractivity contribution >= 4 is 10.2 Å². The second-order valence-electron chi connectivity index (χ2n) is 4.85. The molecule has 0 aliphatic rings. The van der Waals surface area contributed by atoms with Crippen molar-refractivity contribution in [1.29, 1.82) is 0 Å². The molecular weight excluding hydrogens is 311 g/mol. The second kappa shape index (κ2) is 9.57. The molecule has 0 aromatic carbocycles. The molecule has 0 radical (unpaired) electrons. The van der Waals surface area contributed by atoms with Crippen molar-refractivity contribution in [1.82, 2.24) is 14.3 Å². The molecule has 10 heteroatoms. The molecule has 0 atom stereocenters. The maximum absolute atomic E-state index is 11.8. The summed E-state index contributed by atoms with van der Waals surface area (Å²) in [5.74, 6) is 0. The van der Waals surface area contributed by atoms with Crippen molar-refractivity contribution in [3.8, 4) is 0 Å². The number of hydrogen-bond donors (Lipinski definition) is 2. The third-order valence-electron chi connectivity index (χ3n) is 2.41. The topological polar surface area (TPSA) is 70.7 Å². The van der Waals surface area contributed by atoms with Gasteiger partial charge >= 0.3 is 6.18 Å². The molecule has 0 aliphatic carbocycles. The van der Waals surface area contributed by atoms with Crippen LogP contribution in [0.25, 0.3) is 0 Å². The van der Waals surface area contributed by atoms with Gasteiger partial charge in [-0.25, -0.2) is 0 Å². The fourth-order valence-corrected chi connectivity index (χ4v) is 2.28. The van der Waals surface area contributed by atoms with Crippen molar-refractivity contribution in [2.45, 2.75) is 32.5 Å². The highest BCUT2D eigenvalue weighted by Gasteiger charge is 2.27. The Labute approximate surface area is 124 Å². The van der Waals surface area contributed by atoms with Gasteiger partial charge in [-0.15, -0.1) is 0 Å². The molecule has 0 saturated carbocycles. The van der Waals surface area contributed by atoms with Crippen LogP contribution < -0.4 is 10.0 Å². The minimum atomic E-state index is -4.40. The Morgan fingerprint density at radius 3 is 2.38 bits per heavy atom. The van der Waals surface area contributed by atoms with Crippen LogP contribution in [-0.4, -0.2) is 64.8 Å². The van der Waals surface area contributed by atoms with E-state index < -0.39 is 23.0 Å². The average molecular weight is 335 g/mol. The van der Waals surface area contributed by atoms with Gasteiger partial charge in [0.2, 0.25) is 0 Å². The summed E-state index contributed by atoms with van der Waals surface area (Å²) in [4.78, 5) is 0. The van der Waals surface area contributed by atoms with Crippen molar-refractivity contribution in [3.05, 3.63) is 0 Å². The summed E-state index contributed by atoms with van der Waals surface area (Å²) in [5.41, 5.74) is 0. The zero-order valence-corrected chi connectivity index (χ0v) is 13.4. The summed E-state index contributed by atoms with van der Waals surface area (Å²) in [7, 11) is -2.27. The van der Waals surface area contributed by atoms with Crippen molar-refractivity contribution in [2.75, 3.05) is 39.9 Å². The Morgan fingerprint density at radius 2 is 1.86 bits per heavy atom. The molecule has 2 N–H and O–H groups in total. The van der Waals surface area contributed by atoms with E-state index in [1.54, 1.807) is 0 Å². The Morgan fingerprint density at radius 1 is 1.24 bits per heavy atom. The van der Waals surface area contributed by atoms with Gasteiger partial charge in [-0.1, -0.05) is 13.8 Å². The van der Waals surface area contributed by atoms with E-state index in [2.05, 4.69) is 14.8 Å². The van der Waals surface area contributed by atoms with E-state index in [0.717, 1.165) is 4.31 Å². The molecular formula is C11H24F3N3O3S. The van der Waals surface area contributed by atoms with Gasteiger partial charge in [-0.2, -0.15) is 30.6 Å². The van der Waals surface area contributed by atoms with Crippen LogP contribution >= 0.6 is 0 Å². The van der Waals surface area contributed by atoms with Crippen LogP contribution in [0.15, 0.2) is 0 Å². The lowest BCUT2D eigenvalue weighted by Crippen LogP contribution is -2.41. The molecule has 0 spiro atoms. The van der Waals surface area contributed by atoms with Crippen LogP contribution in [0, 0.1) is 0 Å². The van der Waals surface area contributed by atoms with Gasteiger partial charge in [-0.05, 0) is 13.0 Å². The largest absolute Gasteiger partial charge is 0.411 e. The van der Waals surface area contributed by atoms with Crippen LogP contribution in [0.3, 0.4) is 0 Å². The quantitative estimate of drug-likeness (QED) is 0.546. The summed E-state index contributed by atoms with van der Waals surface area (Å²) in [6, 6.07) is 0.329. The highest BCUT2D eigenvalue weighted by atomic mass is 32.2. The summed E-state index contributed by atoms with van der Waals surface area (Å²) in [6.07, 6.45) is -3.76. The fraction of sp³-hybridized carbons (Fsp3) is 1.00. The van der Waals surface area contributed by atoms with E-state index in [1.807, 2.05) is 13.8 Å². The van der Waals surface area contributed by atoms with Crippen molar-refractivity contribution in [3.63, 3.8) is 0 Å². The molecule has 21 heavy (non-hydrogen) atoms. The average Bonchev–Trinajstić information content (AvgIpc) is 2.32. The van der Waals surface area contributed by atoms with Crippen LogP contribution in [0.5, 0.6) is 0 Å². The van der Waals surface area contributed by atoms with Crippen molar-refractivity contribution < 1.29 is 26.3 Å². The fourth-order valence-electron chi connectivity index (χ4n) is 1.35. The van der Waals surface area contributed by atoms with Gasteiger partial charge in [0, 0.05) is 26.2 Å². The first kappa shape index (κ1) is 20.6. The van der Waals surface area contributed by atoms with E-state index in [0.29, 0.717) is 25.6 Å². The molecule has 0 bridgehead atoms. The maximum atomic E-state index is 11.8. The Bertz CT molecular complexity index is 375. The lowest BCUT2D eigenvalue weighted by Gasteiger charge is -2.18.